The third kappa shape index (κ3) is 2.96. The van der Waals surface area contributed by atoms with Gasteiger partial charge in [0.2, 0.25) is 0 Å². The molecule has 0 radical (unpaired) electrons. The second-order valence-corrected chi connectivity index (χ2v) is 5.98. The van der Waals surface area contributed by atoms with E-state index >= 15 is 0 Å². The lowest BCUT2D eigenvalue weighted by atomic mass is 10.2. The first-order valence-electron chi connectivity index (χ1n) is 6.78. The Balaban J connectivity index is 1.65. The van der Waals surface area contributed by atoms with Gasteiger partial charge in [0.25, 0.3) is 0 Å². The third-order valence-electron chi connectivity index (χ3n) is 3.56. The monoisotopic (exact) mass is 273 g/mol. The van der Waals surface area contributed by atoms with Crippen LogP contribution in [-0.4, -0.2) is 30.0 Å². The molecular formula is C15H19N3S. The zero-order valence-electron chi connectivity index (χ0n) is 11.2. The lowest BCUT2D eigenvalue weighted by molar-refractivity contribution is 0.279. The molecule has 19 heavy (non-hydrogen) atoms. The van der Waals surface area contributed by atoms with Crippen molar-refractivity contribution < 1.29 is 0 Å². The van der Waals surface area contributed by atoms with Crippen LogP contribution in [0.5, 0.6) is 0 Å². The van der Waals surface area contributed by atoms with Crippen LogP contribution in [0.3, 0.4) is 0 Å². The molecule has 2 heterocycles. The molecule has 0 fully saturated rings. The lowest BCUT2D eigenvalue weighted by Gasteiger charge is -2.19. The Morgan fingerprint density at radius 1 is 1.21 bits per heavy atom. The predicted octanol–water partition coefficient (Wildman–Crippen LogP) is 2.79. The summed E-state index contributed by atoms with van der Waals surface area (Å²) in [6.07, 6.45) is 2.20. The molecule has 0 aliphatic carbocycles. The Morgan fingerprint density at radius 3 is 2.79 bits per heavy atom. The first kappa shape index (κ1) is 12.6. The summed E-state index contributed by atoms with van der Waals surface area (Å²) in [6, 6.07) is 10.7. The summed E-state index contributed by atoms with van der Waals surface area (Å²) in [5, 5.41) is 4.21. The van der Waals surface area contributed by atoms with Crippen molar-refractivity contribution in [3.63, 3.8) is 0 Å². The third-order valence-corrected chi connectivity index (χ3v) is 4.74. The number of aromatic nitrogens is 1. The summed E-state index contributed by atoms with van der Waals surface area (Å²) in [7, 11) is 1.94. The molecule has 1 aliphatic heterocycles. The number of nitrogens with zero attached hydrogens (tertiary/aromatic N) is 2. The summed E-state index contributed by atoms with van der Waals surface area (Å²) >= 11 is 1.81. The van der Waals surface area contributed by atoms with E-state index in [4.69, 9.17) is 0 Å². The lowest BCUT2D eigenvalue weighted by Crippen LogP contribution is -2.25. The Morgan fingerprint density at radius 2 is 2.00 bits per heavy atom. The van der Waals surface area contributed by atoms with Crippen LogP contribution in [0, 0.1) is 0 Å². The van der Waals surface area contributed by atoms with E-state index in [1.165, 1.54) is 16.1 Å². The molecule has 0 spiro atoms. The molecule has 3 rings (SSSR count). The van der Waals surface area contributed by atoms with Gasteiger partial charge in [0.05, 0.1) is 5.69 Å². The fraction of sp³-hybridized carbons (Fsp3) is 0.400. The molecular weight excluding hydrogens is 254 g/mol. The predicted molar refractivity (Wildman–Crippen MR) is 80.8 cm³/mol. The molecule has 3 nitrogen and oxygen atoms in total. The van der Waals surface area contributed by atoms with Crippen molar-refractivity contribution in [2.45, 2.75) is 19.4 Å². The summed E-state index contributed by atoms with van der Waals surface area (Å²) < 4.78 is 0. The first-order valence-corrected chi connectivity index (χ1v) is 7.59. The summed E-state index contributed by atoms with van der Waals surface area (Å²) in [5.41, 5.74) is 2.70. The minimum absolute atomic E-state index is 1.05. The molecule has 0 bridgehead atoms. The largest absolute Gasteiger partial charge is 0.365 e. The van der Waals surface area contributed by atoms with Crippen LogP contribution in [0.2, 0.25) is 0 Å². The van der Waals surface area contributed by atoms with Gasteiger partial charge in [-0.1, -0.05) is 30.3 Å². The topological polar surface area (TPSA) is 28.2 Å². The number of hydrogen-bond acceptors (Lipinski definition) is 4. The summed E-state index contributed by atoms with van der Waals surface area (Å²) in [6.45, 7) is 3.29. The van der Waals surface area contributed by atoms with Gasteiger partial charge < -0.3 is 5.32 Å². The molecule has 0 saturated heterocycles. The van der Waals surface area contributed by atoms with Gasteiger partial charge in [-0.05, 0) is 12.0 Å². The second-order valence-electron chi connectivity index (χ2n) is 4.90. The Labute approximate surface area is 118 Å². The summed E-state index contributed by atoms with van der Waals surface area (Å²) in [5.74, 6) is 0. The van der Waals surface area contributed by atoms with Gasteiger partial charge in [-0.3, -0.25) is 4.90 Å². The molecule has 2 aromatic rings. The molecule has 1 N–H and O–H groups in total. The smallest absolute Gasteiger partial charge is 0.182 e. The molecule has 0 amide bonds. The zero-order chi connectivity index (χ0) is 13.1. The average molecular weight is 273 g/mol. The zero-order valence-corrected chi connectivity index (χ0v) is 12.0. The van der Waals surface area contributed by atoms with Crippen molar-refractivity contribution in [2.75, 3.05) is 25.5 Å². The van der Waals surface area contributed by atoms with Crippen LogP contribution in [0.25, 0.3) is 0 Å². The molecule has 100 valence electrons. The number of benzene rings is 1. The van der Waals surface area contributed by atoms with Gasteiger partial charge in [0, 0.05) is 38.0 Å². The number of nitrogens with one attached hydrogen (secondary N) is 1. The normalized spacial score (nSPS) is 15.8. The van der Waals surface area contributed by atoms with Gasteiger partial charge >= 0.3 is 0 Å². The summed E-state index contributed by atoms with van der Waals surface area (Å²) in [4.78, 5) is 8.64. The van der Waals surface area contributed by atoms with Gasteiger partial charge in [-0.2, -0.15) is 0 Å². The maximum Gasteiger partial charge on any atom is 0.182 e. The number of hydrogen-bond donors (Lipinski definition) is 1. The molecule has 1 aromatic carbocycles. The molecule has 0 saturated carbocycles. The highest BCUT2D eigenvalue weighted by Crippen LogP contribution is 2.26. The average Bonchev–Trinajstić information content (AvgIpc) is 2.77. The fourth-order valence-electron chi connectivity index (χ4n) is 2.52. The van der Waals surface area contributed by atoms with Crippen molar-refractivity contribution in [3.05, 3.63) is 46.5 Å². The number of rotatable bonds is 3. The number of anilines is 1. The minimum atomic E-state index is 1.05. The Bertz CT molecular complexity index is 510. The molecule has 0 unspecified atom stereocenters. The minimum Gasteiger partial charge on any atom is -0.365 e. The van der Waals surface area contributed by atoms with E-state index in [1.807, 2.05) is 18.4 Å². The Kier molecular flexibility index (Phi) is 3.80. The van der Waals surface area contributed by atoms with Crippen molar-refractivity contribution in [1.82, 2.24) is 9.88 Å². The van der Waals surface area contributed by atoms with E-state index in [2.05, 4.69) is 45.5 Å². The van der Waals surface area contributed by atoms with Crippen molar-refractivity contribution in [2.24, 2.45) is 0 Å². The SMILES string of the molecule is CNc1nc2c(s1)CCN(Cc1ccccc1)CC2. The first-order chi connectivity index (χ1) is 9.35. The van der Waals surface area contributed by atoms with Gasteiger partial charge in [0.1, 0.15) is 0 Å². The molecule has 0 atom stereocenters. The van der Waals surface area contributed by atoms with Gasteiger partial charge in [-0.25, -0.2) is 4.98 Å². The highest BCUT2D eigenvalue weighted by Gasteiger charge is 2.17. The van der Waals surface area contributed by atoms with Crippen LogP contribution in [0.1, 0.15) is 16.1 Å². The van der Waals surface area contributed by atoms with E-state index in [0.717, 1.165) is 37.6 Å². The van der Waals surface area contributed by atoms with E-state index < -0.39 is 0 Å². The van der Waals surface area contributed by atoms with Crippen LogP contribution >= 0.6 is 11.3 Å². The van der Waals surface area contributed by atoms with Crippen LogP contribution < -0.4 is 5.32 Å². The second kappa shape index (κ2) is 5.72. The van der Waals surface area contributed by atoms with E-state index in [9.17, 15) is 0 Å². The van der Waals surface area contributed by atoms with E-state index in [-0.39, 0.29) is 0 Å². The highest BCUT2D eigenvalue weighted by molar-refractivity contribution is 7.15. The van der Waals surface area contributed by atoms with Crippen molar-refractivity contribution >= 4 is 16.5 Å². The van der Waals surface area contributed by atoms with Crippen molar-refractivity contribution in [3.8, 4) is 0 Å². The standard InChI is InChI=1S/C15H19N3S/c1-16-15-17-13-7-9-18(10-8-14(13)19-15)11-12-5-3-2-4-6-12/h2-6H,7-11H2,1H3,(H,16,17). The van der Waals surface area contributed by atoms with Gasteiger partial charge in [-0.15, -0.1) is 11.3 Å². The highest BCUT2D eigenvalue weighted by atomic mass is 32.1. The molecule has 1 aliphatic rings. The number of fused-ring (bicyclic) bond motifs is 1. The van der Waals surface area contributed by atoms with E-state index in [1.54, 1.807) is 0 Å². The fourth-order valence-corrected chi connectivity index (χ4v) is 3.47. The molecule has 4 heteroatoms. The molecule has 1 aromatic heterocycles. The quantitative estimate of drug-likeness (QED) is 0.932. The van der Waals surface area contributed by atoms with Crippen molar-refractivity contribution in [1.29, 1.82) is 0 Å². The van der Waals surface area contributed by atoms with Crippen LogP contribution in [0.4, 0.5) is 5.13 Å². The maximum absolute atomic E-state index is 4.65. The Hall–Kier alpha value is -1.39. The van der Waals surface area contributed by atoms with Crippen LogP contribution in [0.15, 0.2) is 30.3 Å². The van der Waals surface area contributed by atoms with Crippen LogP contribution in [-0.2, 0) is 19.4 Å². The van der Waals surface area contributed by atoms with Gasteiger partial charge in [0.15, 0.2) is 5.13 Å². The maximum atomic E-state index is 4.65. The van der Waals surface area contributed by atoms with E-state index in [0.29, 0.717) is 0 Å². The number of thiazole rings is 1.